The van der Waals surface area contributed by atoms with Gasteiger partial charge in [-0.15, -0.1) is 0 Å². The number of allylic oxidation sites excluding steroid dienone is 3. The van der Waals surface area contributed by atoms with Crippen LogP contribution in [0.15, 0.2) is 45.8 Å². The minimum atomic E-state index is -1.73. The quantitative estimate of drug-likeness (QED) is 0.370. The fourth-order valence-electron chi connectivity index (χ4n) is 6.83. The van der Waals surface area contributed by atoms with Crippen molar-refractivity contribution in [1.82, 2.24) is 0 Å². The van der Waals surface area contributed by atoms with Gasteiger partial charge in [0.2, 0.25) is 0 Å². The molecular weight excluding hydrogens is 492 g/mol. The first-order valence-corrected chi connectivity index (χ1v) is 13.0. The maximum atomic E-state index is 14.3. The van der Waals surface area contributed by atoms with Crippen LogP contribution in [0, 0.1) is 16.7 Å². The number of ketones is 1. The Bertz CT molecular complexity index is 1140. The molecular formula is C29H38O9. The second-order valence-corrected chi connectivity index (χ2v) is 11.3. The number of furan rings is 1. The van der Waals surface area contributed by atoms with Gasteiger partial charge in [0.05, 0.1) is 32.5 Å². The first kappa shape index (κ1) is 28.3. The lowest BCUT2D eigenvalue weighted by Gasteiger charge is -2.54. The van der Waals surface area contributed by atoms with Gasteiger partial charge in [-0.1, -0.05) is 25.5 Å². The summed E-state index contributed by atoms with van der Waals surface area (Å²) in [4.78, 5) is 39.4. The third-order valence-corrected chi connectivity index (χ3v) is 9.17. The molecule has 1 saturated heterocycles. The van der Waals surface area contributed by atoms with Crippen LogP contribution >= 0.6 is 0 Å². The zero-order valence-electron chi connectivity index (χ0n) is 23.0. The summed E-state index contributed by atoms with van der Waals surface area (Å²) in [6, 6.07) is 1.71. The zero-order valence-corrected chi connectivity index (χ0v) is 23.0. The van der Waals surface area contributed by atoms with Gasteiger partial charge in [-0.2, -0.15) is 0 Å². The monoisotopic (exact) mass is 530 g/mol. The number of carbonyl (C=O) groups is 3. The van der Waals surface area contributed by atoms with Crippen LogP contribution in [0.25, 0.3) is 0 Å². The van der Waals surface area contributed by atoms with Crippen molar-refractivity contribution in [3.05, 3.63) is 47.0 Å². The number of fused-ring (bicyclic) bond motifs is 1. The normalized spacial score (nSPS) is 33.2. The predicted octanol–water partition coefficient (Wildman–Crippen LogP) is 4.21. The Labute approximate surface area is 223 Å². The van der Waals surface area contributed by atoms with Crippen molar-refractivity contribution in [2.24, 2.45) is 16.7 Å². The van der Waals surface area contributed by atoms with Gasteiger partial charge < -0.3 is 28.5 Å². The summed E-state index contributed by atoms with van der Waals surface area (Å²) in [5.74, 6) is -1.55. The van der Waals surface area contributed by atoms with Crippen LogP contribution in [-0.2, 0) is 33.3 Å². The standard InChI is InChI=1S/C29H38O9/c1-17-19(13-27(2,15-24(35-5)36-6)21(17)12-22(30)34-4)25(32)20-8-7-10-28(3)26(18-9-11-37-16-18)38-23(31)14-29(20,28)33/h8-9,11,16,21,24,26,33H,7,10,12-15H2,1-6H3/t21-,26+,27+,28+,29-/m1/s1. The lowest BCUT2D eigenvalue weighted by Crippen LogP contribution is -2.59. The number of carbonyl (C=O) groups excluding carboxylic acids is 3. The first-order valence-electron chi connectivity index (χ1n) is 13.0. The second-order valence-electron chi connectivity index (χ2n) is 11.3. The molecule has 9 nitrogen and oxygen atoms in total. The van der Waals surface area contributed by atoms with E-state index in [9.17, 15) is 19.5 Å². The SMILES string of the molecule is COC(=O)C[C@@H]1C(C)=C(C(=O)C2=CCC[C@@]3(C)[C@H](c4ccoc4)OC(=O)C[C@@]23O)C[C@@]1(C)CC(OC)OC. The Morgan fingerprint density at radius 1 is 1.18 bits per heavy atom. The molecule has 208 valence electrons. The lowest BCUT2D eigenvalue weighted by atomic mass is 9.56. The molecule has 0 unspecified atom stereocenters. The van der Waals surface area contributed by atoms with E-state index in [1.165, 1.54) is 19.6 Å². The minimum absolute atomic E-state index is 0.103. The Morgan fingerprint density at radius 2 is 1.89 bits per heavy atom. The van der Waals surface area contributed by atoms with Crippen molar-refractivity contribution in [2.45, 2.75) is 77.3 Å². The summed E-state index contributed by atoms with van der Waals surface area (Å²) in [6.07, 6.45) is 5.13. The molecule has 0 amide bonds. The molecule has 9 heteroatoms. The highest BCUT2D eigenvalue weighted by Gasteiger charge is 2.63. The number of Topliss-reactive ketones (excluding diaryl/α,β-unsaturated/α-hetero) is 1. The molecule has 1 fully saturated rings. The van der Waals surface area contributed by atoms with Gasteiger partial charge in [-0.3, -0.25) is 14.4 Å². The number of methoxy groups -OCH3 is 3. The summed E-state index contributed by atoms with van der Waals surface area (Å²) >= 11 is 0. The smallest absolute Gasteiger partial charge is 0.309 e. The molecule has 3 aliphatic rings. The van der Waals surface area contributed by atoms with E-state index in [-0.39, 0.29) is 36.1 Å². The fraction of sp³-hybridized carbons (Fsp3) is 0.621. The number of ether oxygens (including phenoxy) is 4. The Hall–Kier alpha value is -2.75. The topological polar surface area (TPSA) is 122 Å². The first-order chi connectivity index (χ1) is 17.9. The lowest BCUT2D eigenvalue weighted by molar-refractivity contribution is -0.206. The molecule has 4 rings (SSSR count). The summed E-state index contributed by atoms with van der Waals surface area (Å²) in [5, 5.41) is 12.2. The number of hydrogen-bond donors (Lipinski definition) is 1. The summed E-state index contributed by atoms with van der Waals surface area (Å²) in [5.41, 5.74) is -1.05. The van der Waals surface area contributed by atoms with E-state index in [0.29, 0.717) is 36.8 Å². The molecule has 0 spiro atoms. The van der Waals surface area contributed by atoms with Crippen LogP contribution in [0.1, 0.15) is 71.0 Å². The molecule has 0 aromatic carbocycles. The van der Waals surface area contributed by atoms with Crippen LogP contribution in [0.3, 0.4) is 0 Å². The van der Waals surface area contributed by atoms with Crippen LogP contribution in [0.2, 0.25) is 0 Å². The number of hydrogen-bond acceptors (Lipinski definition) is 9. The predicted molar refractivity (Wildman–Crippen MR) is 136 cm³/mol. The Morgan fingerprint density at radius 3 is 2.50 bits per heavy atom. The van der Waals surface area contributed by atoms with Gasteiger partial charge in [0.15, 0.2) is 12.1 Å². The summed E-state index contributed by atoms with van der Waals surface area (Å²) in [6.45, 7) is 5.73. The highest BCUT2D eigenvalue weighted by Crippen LogP contribution is 2.60. The number of cyclic esters (lactones) is 1. The van der Waals surface area contributed by atoms with Gasteiger partial charge >= 0.3 is 11.9 Å². The van der Waals surface area contributed by atoms with Crippen LogP contribution in [-0.4, -0.2) is 56.0 Å². The van der Waals surface area contributed by atoms with Gasteiger partial charge in [0.25, 0.3) is 0 Å². The summed E-state index contributed by atoms with van der Waals surface area (Å²) < 4.78 is 26.8. The number of esters is 2. The molecule has 0 bridgehead atoms. The second kappa shape index (κ2) is 10.4. The molecule has 1 aliphatic heterocycles. The van der Waals surface area contributed by atoms with Gasteiger partial charge in [-0.05, 0) is 49.2 Å². The van der Waals surface area contributed by atoms with Crippen LogP contribution in [0.5, 0.6) is 0 Å². The average molecular weight is 531 g/mol. The van der Waals surface area contributed by atoms with E-state index in [1.54, 1.807) is 26.4 Å². The maximum absolute atomic E-state index is 14.3. The Balaban J connectivity index is 1.73. The molecule has 0 radical (unpaired) electrons. The van der Waals surface area contributed by atoms with Crippen molar-refractivity contribution in [1.29, 1.82) is 0 Å². The highest BCUT2D eigenvalue weighted by atomic mass is 16.7. The molecule has 2 aliphatic carbocycles. The molecule has 38 heavy (non-hydrogen) atoms. The molecule has 5 atom stereocenters. The van der Waals surface area contributed by atoms with Gasteiger partial charge in [-0.25, -0.2) is 0 Å². The van der Waals surface area contributed by atoms with Gasteiger partial charge in [0, 0.05) is 37.2 Å². The largest absolute Gasteiger partial charge is 0.472 e. The molecule has 1 aromatic rings. The van der Waals surface area contributed by atoms with E-state index in [1.807, 2.05) is 20.8 Å². The van der Waals surface area contributed by atoms with Gasteiger partial charge in [0.1, 0.15) is 11.7 Å². The molecule has 1 N–H and O–H groups in total. The molecule has 2 heterocycles. The average Bonchev–Trinajstić information content (AvgIpc) is 3.50. The minimum Gasteiger partial charge on any atom is -0.472 e. The maximum Gasteiger partial charge on any atom is 0.309 e. The van der Waals surface area contributed by atoms with Crippen molar-refractivity contribution >= 4 is 17.7 Å². The third kappa shape index (κ3) is 4.54. The molecule has 1 aromatic heterocycles. The van der Waals surface area contributed by atoms with Crippen molar-refractivity contribution < 1.29 is 42.9 Å². The summed E-state index contributed by atoms with van der Waals surface area (Å²) in [7, 11) is 4.44. The fourth-order valence-corrected chi connectivity index (χ4v) is 6.83. The van der Waals surface area contributed by atoms with E-state index in [4.69, 9.17) is 23.4 Å². The highest BCUT2D eigenvalue weighted by molar-refractivity contribution is 6.11. The van der Waals surface area contributed by atoms with Crippen LogP contribution < -0.4 is 0 Å². The zero-order chi connectivity index (χ0) is 27.9. The third-order valence-electron chi connectivity index (χ3n) is 9.17. The number of rotatable bonds is 9. The van der Waals surface area contributed by atoms with Crippen molar-refractivity contribution in [2.75, 3.05) is 21.3 Å². The molecule has 0 saturated carbocycles. The van der Waals surface area contributed by atoms with Crippen LogP contribution in [0.4, 0.5) is 0 Å². The van der Waals surface area contributed by atoms with E-state index < -0.39 is 34.8 Å². The van der Waals surface area contributed by atoms with E-state index >= 15 is 0 Å². The van der Waals surface area contributed by atoms with E-state index in [2.05, 4.69) is 0 Å². The van der Waals surface area contributed by atoms with Crippen molar-refractivity contribution in [3.63, 3.8) is 0 Å². The van der Waals surface area contributed by atoms with E-state index in [0.717, 1.165) is 5.57 Å². The van der Waals surface area contributed by atoms with Crippen molar-refractivity contribution in [3.8, 4) is 0 Å². The Kier molecular flexibility index (Phi) is 7.76. The number of aliphatic hydroxyl groups is 1.